The monoisotopic (exact) mass is 270 g/mol. The van der Waals surface area contributed by atoms with E-state index in [4.69, 9.17) is 10.5 Å². The normalized spacial score (nSPS) is 12.0. The van der Waals surface area contributed by atoms with Crippen LogP contribution in [0.15, 0.2) is 42.5 Å². The molecule has 0 aliphatic carbocycles. The van der Waals surface area contributed by atoms with Gasteiger partial charge in [-0.25, -0.2) is 0 Å². The van der Waals surface area contributed by atoms with Gasteiger partial charge in [-0.2, -0.15) is 0 Å². The Morgan fingerprint density at radius 3 is 2.55 bits per heavy atom. The van der Waals surface area contributed by atoms with Gasteiger partial charge < -0.3 is 15.8 Å². The molecule has 0 fully saturated rings. The van der Waals surface area contributed by atoms with E-state index in [0.717, 1.165) is 11.4 Å². The predicted molar refractivity (Wildman–Crippen MR) is 84.3 cm³/mol. The highest BCUT2D eigenvalue weighted by Gasteiger charge is 2.13. The van der Waals surface area contributed by atoms with Gasteiger partial charge in [-0.15, -0.1) is 0 Å². The van der Waals surface area contributed by atoms with Gasteiger partial charge in [0.2, 0.25) is 0 Å². The number of nitrogens with two attached hydrogens (primary N) is 1. The Bertz CT molecular complexity index is 581. The third-order valence-electron chi connectivity index (χ3n) is 3.48. The minimum atomic E-state index is 0.0758. The fourth-order valence-electron chi connectivity index (χ4n) is 2.36. The highest BCUT2D eigenvalue weighted by Crippen LogP contribution is 2.29. The van der Waals surface area contributed by atoms with Gasteiger partial charge in [0.25, 0.3) is 0 Å². The summed E-state index contributed by atoms with van der Waals surface area (Å²) in [6, 6.07) is 14.5. The SMILES string of the molecule is COc1ccc(C)cc1NC(CN)c1ccccc1C. The van der Waals surface area contributed by atoms with Crippen molar-refractivity contribution in [2.45, 2.75) is 19.9 Å². The maximum absolute atomic E-state index is 5.95. The topological polar surface area (TPSA) is 47.3 Å². The molecule has 1 unspecified atom stereocenters. The molecular formula is C17H22N2O. The van der Waals surface area contributed by atoms with E-state index in [9.17, 15) is 0 Å². The van der Waals surface area contributed by atoms with Crippen LogP contribution in [0.2, 0.25) is 0 Å². The summed E-state index contributed by atoms with van der Waals surface area (Å²) in [6.45, 7) is 4.70. The van der Waals surface area contributed by atoms with Crippen molar-refractivity contribution in [3.05, 3.63) is 59.2 Å². The van der Waals surface area contributed by atoms with Crippen LogP contribution in [0.4, 0.5) is 5.69 Å². The van der Waals surface area contributed by atoms with Gasteiger partial charge in [0.1, 0.15) is 5.75 Å². The first-order valence-corrected chi connectivity index (χ1v) is 6.82. The minimum Gasteiger partial charge on any atom is -0.495 e. The van der Waals surface area contributed by atoms with Gasteiger partial charge in [-0.1, -0.05) is 30.3 Å². The second-order valence-electron chi connectivity index (χ2n) is 4.99. The second-order valence-corrected chi connectivity index (χ2v) is 4.99. The molecule has 0 amide bonds. The molecule has 0 radical (unpaired) electrons. The van der Waals surface area contributed by atoms with Crippen molar-refractivity contribution in [3.8, 4) is 5.75 Å². The quantitative estimate of drug-likeness (QED) is 0.875. The average molecular weight is 270 g/mol. The van der Waals surface area contributed by atoms with Crippen LogP contribution in [0.25, 0.3) is 0 Å². The standard InChI is InChI=1S/C17H22N2O/c1-12-8-9-17(20-3)15(10-12)19-16(11-18)14-7-5-4-6-13(14)2/h4-10,16,19H,11,18H2,1-3H3. The molecule has 20 heavy (non-hydrogen) atoms. The number of hydrogen-bond donors (Lipinski definition) is 2. The van der Waals surface area contributed by atoms with Crippen molar-refractivity contribution >= 4 is 5.69 Å². The molecule has 2 aromatic rings. The van der Waals surface area contributed by atoms with Gasteiger partial charge in [-0.05, 0) is 42.7 Å². The van der Waals surface area contributed by atoms with Crippen molar-refractivity contribution in [3.63, 3.8) is 0 Å². The maximum atomic E-state index is 5.95. The molecule has 0 bridgehead atoms. The number of rotatable bonds is 5. The summed E-state index contributed by atoms with van der Waals surface area (Å²) in [5, 5.41) is 3.50. The zero-order chi connectivity index (χ0) is 14.5. The molecule has 0 spiro atoms. The lowest BCUT2D eigenvalue weighted by Crippen LogP contribution is -2.21. The summed E-state index contributed by atoms with van der Waals surface area (Å²) in [5.41, 5.74) is 10.6. The first-order chi connectivity index (χ1) is 9.65. The van der Waals surface area contributed by atoms with Crippen molar-refractivity contribution in [2.75, 3.05) is 19.0 Å². The highest BCUT2D eigenvalue weighted by atomic mass is 16.5. The third-order valence-corrected chi connectivity index (χ3v) is 3.48. The van der Waals surface area contributed by atoms with E-state index in [1.165, 1.54) is 16.7 Å². The van der Waals surface area contributed by atoms with Gasteiger partial charge in [0.05, 0.1) is 18.8 Å². The Balaban J connectivity index is 2.31. The number of benzene rings is 2. The van der Waals surface area contributed by atoms with Crippen LogP contribution in [0.1, 0.15) is 22.7 Å². The molecule has 3 nitrogen and oxygen atoms in total. The fourth-order valence-corrected chi connectivity index (χ4v) is 2.36. The summed E-state index contributed by atoms with van der Waals surface area (Å²) < 4.78 is 5.41. The molecule has 3 heteroatoms. The zero-order valence-electron chi connectivity index (χ0n) is 12.3. The molecule has 0 heterocycles. The molecular weight excluding hydrogens is 248 g/mol. The van der Waals surface area contributed by atoms with E-state index in [1.54, 1.807) is 7.11 Å². The third kappa shape index (κ3) is 3.11. The minimum absolute atomic E-state index is 0.0758. The Morgan fingerprint density at radius 2 is 1.90 bits per heavy atom. The molecule has 106 valence electrons. The van der Waals surface area contributed by atoms with Crippen LogP contribution in [-0.4, -0.2) is 13.7 Å². The van der Waals surface area contributed by atoms with E-state index in [2.05, 4.69) is 37.4 Å². The van der Waals surface area contributed by atoms with Gasteiger partial charge in [0, 0.05) is 6.54 Å². The summed E-state index contributed by atoms with van der Waals surface area (Å²) >= 11 is 0. The number of aryl methyl sites for hydroxylation is 2. The first-order valence-electron chi connectivity index (χ1n) is 6.82. The van der Waals surface area contributed by atoms with Crippen molar-refractivity contribution in [1.29, 1.82) is 0 Å². The largest absolute Gasteiger partial charge is 0.495 e. The fraction of sp³-hybridized carbons (Fsp3) is 0.294. The zero-order valence-corrected chi connectivity index (χ0v) is 12.3. The van der Waals surface area contributed by atoms with Crippen LogP contribution >= 0.6 is 0 Å². The van der Waals surface area contributed by atoms with E-state index < -0.39 is 0 Å². The summed E-state index contributed by atoms with van der Waals surface area (Å²) in [5.74, 6) is 0.836. The molecule has 0 aliphatic heterocycles. The molecule has 0 saturated carbocycles. The number of anilines is 1. The van der Waals surface area contributed by atoms with Crippen LogP contribution in [-0.2, 0) is 0 Å². The average Bonchev–Trinajstić information content (AvgIpc) is 2.46. The Labute approximate surface area is 120 Å². The van der Waals surface area contributed by atoms with Crippen LogP contribution in [0, 0.1) is 13.8 Å². The summed E-state index contributed by atoms with van der Waals surface area (Å²) in [4.78, 5) is 0. The molecule has 2 rings (SSSR count). The predicted octanol–water partition coefficient (Wildman–Crippen LogP) is 3.42. The van der Waals surface area contributed by atoms with Crippen LogP contribution in [0.5, 0.6) is 5.75 Å². The van der Waals surface area contributed by atoms with Crippen LogP contribution in [0.3, 0.4) is 0 Å². The molecule has 0 saturated heterocycles. The molecule has 2 aromatic carbocycles. The first kappa shape index (κ1) is 14.4. The molecule has 1 atom stereocenters. The van der Waals surface area contributed by atoms with E-state index in [0.29, 0.717) is 6.54 Å². The van der Waals surface area contributed by atoms with Crippen molar-refractivity contribution in [1.82, 2.24) is 0 Å². The lowest BCUT2D eigenvalue weighted by atomic mass is 10.0. The van der Waals surface area contributed by atoms with Gasteiger partial charge in [-0.3, -0.25) is 0 Å². The van der Waals surface area contributed by atoms with E-state index in [1.807, 2.05) is 24.3 Å². The lowest BCUT2D eigenvalue weighted by molar-refractivity contribution is 0.416. The molecule has 0 aliphatic rings. The molecule has 0 aromatic heterocycles. The maximum Gasteiger partial charge on any atom is 0.141 e. The summed E-state index contributed by atoms with van der Waals surface area (Å²) in [6.07, 6.45) is 0. The second kappa shape index (κ2) is 6.44. The van der Waals surface area contributed by atoms with Gasteiger partial charge in [0.15, 0.2) is 0 Å². The van der Waals surface area contributed by atoms with Crippen molar-refractivity contribution in [2.24, 2.45) is 5.73 Å². The highest BCUT2D eigenvalue weighted by molar-refractivity contribution is 5.59. The van der Waals surface area contributed by atoms with E-state index >= 15 is 0 Å². The van der Waals surface area contributed by atoms with Crippen LogP contribution < -0.4 is 15.8 Å². The van der Waals surface area contributed by atoms with Gasteiger partial charge >= 0.3 is 0 Å². The number of hydrogen-bond acceptors (Lipinski definition) is 3. The molecule has 3 N–H and O–H groups in total. The number of nitrogens with one attached hydrogen (secondary N) is 1. The Morgan fingerprint density at radius 1 is 1.15 bits per heavy atom. The van der Waals surface area contributed by atoms with Crippen molar-refractivity contribution < 1.29 is 4.74 Å². The number of methoxy groups -OCH3 is 1. The number of ether oxygens (including phenoxy) is 1. The Hall–Kier alpha value is -2.00. The lowest BCUT2D eigenvalue weighted by Gasteiger charge is -2.22. The van der Waals surface area contributed by atoms with E-state index in [-0.39, 0.29) is 6.04 Å². The Kier molecular flexibility index (Phi) is 4.64. The summed E-state index contributed by atoms with van der Waals surface area (Å²) in [7, 11) is 1.68. The smallest absolute Gasteiger partial charge is 0.141 e.